The lowest BCUT2D eigenvalue weighted by atomic mass is 10.1. The third kappa shape index (κ3) is 4.57. The predicted molar refractivity (Wildman–Crippen MR) is 139 cm³/mol. The van der Waals surface area contributed by atoms with E-state index in [2.05, 4.69) is 22.3 Å². The zero-order valence-electron chi connectivity index (χ0n) is 20.7. The number of benzene rings is 2. The van der Waals surface area contributed by atoms with Crippen LogP contribution in [0.2, 0.25) is 0 Å². The molecule has 10 heteroatoms. The molecule has 2 N–H and O–H groups in total. The third-order valence-electron chi connectivity index (χ3n) is 5.72. The molecule has 0 aliphatic carbocycles. The molecule has 186 valence electrons. The minimum Gasteiger partial charge on any atom is -0.350 e. The molecule has 0 saturated carbocycles. The molecule has 0 aliphatic heterocycles. The molecule has 4 rings (SSSR count). The fourth-order valence-electron chi connectivity index (χ4n) is 4.08. The second-order valence-electron chi connectivity index (χ2n) is 9.01. The highest BCUT2D eigenvalue weighted by Gasteiger charge is 2.20. The second kappa shape index (κ2) is 9.65. The van der Waals surface area contributed by atoms with Crippen molar-refractivity contribution in [2.75, 3.05) is 5.32 Å². The van der Waals surface area contributed by atoms with E-state index < -0.39 is 11.6 Å². The van der Waals surface area contributed by atoms with Crippen molar-refractivity contribution in [1.29, 1.82) is 0 Å². The van der Waals surface area contributed by atoms with Crippen LogP contribution in [0.3, 0.4) is 0 Å². The number of amides is 2. The van der Waals surface area contributed by atoms with E-state index in [1.165, 1.54) is 27.2 Å². The van der Waals surface area contributed by atoms with Crippen LogP contribution in [0.5, 0.6) is 0 Å². The molecule has 0 fully saturated rings. The molecule has 0 bridgehead atoms. The Balaban J connectivity index is 1.83. The Morgan fingerprint density at radius 2 is 1.86 bits per heavy atom. The molecule has 10 nitrogen and oxygen atoms in total. The molecule has 2 heterocycles. The van der Waals surface area contributed by atoms with Crippen LogP contribution in [0.15, 0.2) is 58.6 Å². The highest BCUT2D eigenvalue weighted by atomic mass is 16.2. The minimum absolute atomic E-state index is 0.0538. The van der Waals surface area contributed by atoms with Crippen molar-refractivity contribution in [3.05, 3.63) is 86.6 Å². The SMILES string of the molecule is C=CCn1c(=O)c2ccc(C(=O)NC(C)C)cc2n2c(=O)n(CC(=O)Nc3ccc(C)cc3C)nc12. The summed E-state index contributed by atoms with van der Waals surface area (Å²) in [6.07, 6.45) is 1.52. The normalized spacial score (nSPS) is 11.2. The van der Waals surface area contributed by atoms with Gasteiger partial charge in [-0.1, -0.05) is 23.8 Å². The van der Waals surface area contributed by atoms with Gasteiger partial charge in [0.15, 0.2) is 0 Å². The van der Waals surface area contributed by atoms with E-state index in [1.807, 2.05) is 39.8 Å². The van der Waals surface area contributed by atoms with Gasteiger partial charge in [-0.3, -0.25) is 19.0 Å². The molecule has 0 saturated heterocycles. The van der Waals surface area contributed by atoms with E-state index in [0.717, 1.165) is 15.8 Å². The van der Waals surface area contributed by atoms with Crippen molar-refractivity contribution < 1.29 is 9.59 Å². The average Bonchev–Trinajstić information content (AvgIpc) is 3.13. The lowest BCUT2D eigenvalue weighted by Crippen LogP contribution is -2.31. The zero-order valence-corrected chi connectivity index (χ0v) is 20.7. The number of carbonyl (C=O) groups excluding carboxylic acids is 2. The van der Waals surface area contributed by atoms with Gasteiger partial charge in [0, 0.05) is 23.8 Å². The number of hydrogen-bond acceptors (Lipinski definition) is 5. The smallest absolute Gasteiger partial charge is 0.350 e. The molecule has 0 aliphatic rings. The second-order valence-corrected chi connectivity index (χ2v) is 9.01. The van der Waals surface area contributed by atoms with Gasteiger partial charge >= 0.3 is 5.69 Å². The van der Waals surface area contributed by atoms with Crippen LogP contribution in [0.1, 0.15) is 35.3 Å². The van der Waals surface area contributed by atoms with Gasteiger partial charge in [0.1, 0.15) is 6.54 Å². The van der Waals surface area contributed by atoms with E-state index in [4.69, 9.17) is 0 Å². The number of allylic oxidation sites excluding steroid dienone is 1. The number of anilines is 1. The Labute approximate surface area is 206 Å². The summed E-state index contributed by atoms with van der Waals surface area (Å²) in [4.78, 5) is 52.0. The number of aromatic nitrogens is 4. The Bertz CT molecular complexity index is 1640. The van der Waals surface area contributed by atoms with Crippen molar-refractivity contribution in [2.24, 2.45) is 0 Å². The van der Waals surface area contributed by atoms with Crippen molar-refractivity contribution in [2.45, 2.75) is 46.8 Å². The molecule has 0 unspecified atom stereocenters. The van der Waals surface area contributed by atoms with Crippen molar-refractivity contribution in [3.8, 4) is 0 Å². The average molecular weight is 489 g/mol. The Kier molecular flexibility index (Phi) is 6.61. The maximum absolute atomic E-state index is 13.4. The van der Waals surface area contributed by atoms with Crippen LogP contribution < -0.4 is 21.9 Å². The first-order valence-electron chi connectivity index (χ1n) is 11.6. The number of carbonyl (C=O) groups is 2. The number of nitrogens with one attached hydrogen (secondary N) is 2. The van der Waals surface area contributed by atoms with Crippen LogP contribution in [0.4, 0.5) is 5.69 Å². The monoisotopic (exact) mass is 488 g/mol. The summed E-state index contributed by atoms with van der Waals surface area (Å²) in [5.41, 5.74) is 2.13. The van der Waals surface area contributed by atoms with Gasteiger partial charge in [0.05, 0.1) is 10.9 Å². The molecule has 36 heavy (non-hydrogen) atoms. The first-order chi connectivity index (χ1) is 17.1. The van der Waals surface area contributed by atoms with Crippen LogP contribution in [-0.2, 0) is 17.9 Å². The Morgan fingerprint density at radius 1 is 1.11 bits per heavy atom. The quantitative estimate of drug-likeness (QED) is 0.387. The van der Waals surface area contributed by atoms with E-state index in [9.17, 15) is 19.2 Å². The lowest BCUT2D eigenvalue weighted by molar-refractivity contribution is -0.117. The van der Waals surface area contributed by atoms with Gasteiger partial charge in [0.25, 0.3) is 11.5 Å². The van der Waals surface area contributed by atoms with E-state index in [1.54, 1.807) is 12.1 Å². The van der Waals surface area contributed by atoms with Crippen LogP contribution in [0, 0.1) is 13.8 Å². The van der Waals surface area contributed by atoms with E-state index in [0.29, 0.717) is 11.3 Å². The Hall–Kier alpha value is -4.47. The molecule has 4 aromatic rings. The fourth-order valence-corrected chi connectivity index (χ4v) is 4.08. The summed E-state index contributed by atoms with van der Waals surface area (Å²) in [6.45, 7) is 11.0. The summed E-state index contributed by atoms with van der Waals surface area (Å²) < 4.78 is 3.56. The molecular formula is C26H28N6O4. The van der Waals surface area contributed by atoms with Crippen LogP contribution in [-0.4, -0.2) is 36.6 Å². The van der Waals surface area contributed by atoms with Crippen LogP contribution in [0.25, 0.3) is 16.7 Å². The largest absolute Gasteiger partial charge is 0.352 e. The molecule has 2 aromatic heterocycles. The number of nitrogens with zero attached hydrogens (tertiary/aromatic N) is 4. The lowest BCUT2D eigenvalue weighted by Gasteiger charge is -2.11. The number of aryl methyl sites for hydroxylation is 2. The van der Waals surface area contributed by atoms with E-state index in [-0.39, 0.29) is 47.3 Å². The van der Waals surface area contributed by atoms with Crippen LogP contribution >= 0.6 is 0 Å². The van der Waals surface area contributed by atoms with Crippen molar-refractivity contribution >= 4 is 34.2 Å². The molecule has 2 amide bonds. The number of fused-ring (bicyclic) bond motifs is 3. The summed E-state index contributed by atoms with van der Waals surface area (Å²) in [7, 11) is 0. The topological polar surface area (TPSA) is 120 Å². The maximum atomic E-state index is 13.4. The number of hydrogen-bond donors (Lipinski definition) is 2. The standard InChI is InChI=1S/C26H28N6O4/c1-6-11-30-24(35)19-9-8-18(23(34)27-15(2)3)13-21(19)32-25(30)29-31(26(32)36)14-22(33)28-20-10-7-16(4)12-17(20)5/h6-10,12-13,15H,1,11,14H2,2-5H3,(H,27,34)(H,28,33). The third-order valence-corrected chi connectivity index (χ3v) is 5.72. The van der Waals surface area contributed by atoms with Gasteiger partial charge in [-0.15, -0.1) is 11.7 Å². The first kappa shape index (κ1) is 24.6. The fraction of sp³-hybridized carbons (Fsp3) is 0.269. The highest BCUT2D eigenvalue weighted by molar-refractivity contribution is 5.98. The summed E-state index contributed by atoms with van der Waals surface area (Å²) >= 11 is 0. The van der Waals surface area contributed by atoms with Crippen molar-refractivity contribution in [3.63, 3.8) is 0 Å². The summed E-state index contributed by atoms with van der Waals surface area (Å²) in [6, 6.07) is 10.1. The molecule has 0 atom stereocenters. The maximum Gasteiger partial charge on any atom is 0.352 e. The zero-order chi connectivity index (χ0) is 26.1. The summed E-state index contributed by atoms with van der Waals surface area (Å²) in [5, 5.41) is 10.1. The van der Waals surface area contributed by atoms with Gasteiger partial charge in [-0.05, 0) is 57.5 Å². The molecule has 0 radical (unpaired) electrons. The predicted octanol–water partition coefficient (Wildman–Crippen LogP) is 2.39. The highest BCUT2D eigenvalue weighted by Crippen LogP contribution is 2.17. The number of rotatable bonds is 7. The molecule has 0 spiro atoms. The molecule has 2 aromatic carbocycles. The Morgan fingerprint density at radius 3 is 2.53 bits per heavy atom. The van der Waals surface area contributed by atoms with Gasteiger partial charge in [-0.25, -0.2) is 13.9 Å². The van der Waals surface area contributed by atoms with Gasteiger partial charge in [-0.2, -0.15) is 0 Å². The van der Waals surface area contributed by atoms with E-state index >= 15 is 0 Å². The van der Waals surface area contributed by atoms with Gasteiger partial charge in [0.2, 0.25) is 11.7 Å². The molecular weight excluding hydrogens is 460 g/mol. The minimum atomic E-state index is -0.606. The summed E-state index contributed by atoms with van der Waals surface area (Å²) in [5.74, 6) is -0.715. The van der Waals surface area contributed by atoms with Crippen molar-refractivity contribution in [1.82, 2.24) is 24.1 Å². The first-order valence-corrected chi connectivity index (χ1v) is 11.6. The van der Waals surface area contributed by atoms with Gasteiger partial charge < -0.3 is 10.6 Å².